The van der Waals surface area contributed by atoms with Gasteiger partial charge in [0, 0.05) is 5.56 Å². The molecule has 0 bridgehead atoms. The van der Waals surface area contributed by atoms with Crippen LogP contribution in [-0.4, -0.2) is 5.11 Å². The van der Waals surface area contributed by atoms with Gasteiger partial charge >= 0.3 is 0 Å². The molecule has 1 aliphatic rings. The monoisotopic (exact) mass is 288 g/mol. The fourth-order valence-corrected chi connectivity index (χ4v) is 3.18. The number of para-hydroxylation sites is 1. The summed E-state index contributed by atoms with van der Waals surface area (Å²) >= 11 is 0. The third-order valence-corrected chi connectivity index (χ3v) is 4.26. The van der Waals surface area contributed by atoms with E-state index in [1.54, 1.807) is 0 Å². The Balaban J connectivity index is 2.08. The summed E-state index contributed by atoms with van der Waals surface area (Å²) in [5, 5.41) is 11.7. The number of hydrogen-bond donors (Lipinski definition) is 1. The standard InChI is InChI=1S/C20H16O2/c21-20(16-9-2-1-3-10-16)17-11-5-4-8-15(17)14-22-19-13-7-6-12-18(19)20/h1-13,21H,14H2. The SMILES string of the molecule is OC1(c2ccccc2)c2ccccc2COc2ccccc21. The molecule has 0 saturated heterocycles. The van der Waals surface area contributed by atoms with Crippen molar-refractivity contribution in [2.45, 2.75) is 12.2 Å². The zero-order chi connectivity index (χ0) is 15.0. The molecule has 0 amide bonds. The molecule has 108 valence electrons. The van der Waals surface area contributed by atoms with Gasteiger partial charge in [-0.2, -0.15) is 0 Å². The number of rotatable bonds is 1. The molecule has 0 aromatic heterocycles. The van der Waals surface area contributed by atoms with E-state index >= 15 is 0 Å². The average molecular weight is 288 g/mol. The zero-order valence-corrected chi connectivity index (χ0v) is 12.1. The summed E-state index contributed by atoms with van der Waals surface area (Å²) in [4.78, 5) is 0. The molecular weight excluding hydrogens is 272 g/mol. The first-order chi connectivity index (χ1) is 10.8. The van der Waals surface area contributed by atoms with Crippen LogP contribution in [0.2, 0.25) is 0 Å². The summed E-state index contributed by atoms with van der Waals surface area (Å²) < 4.78 is 5.93. The molecule has 4 rings (SSSR count). The smallest absolute Gasteiger partial charge is 0.144 e. The second kappa shape index (κ2) is 5.00. The predicted octanol–water partition coefficient (Wildman–Crippen LogP) is 3.86. The fraction of sp³-hybridized carbons (Fsp3) is 0.100. The van der Waals surface area contributed by atoms with Crippen LogP contribution in [-0.2, 0) is 12.2 Å². The molecule has 0 radical (unpaired) electrons. The first kappa shape index (κ1) is 13.1. The number of aliphatic hydroxyl groups is 1. The first-order valence-corrected chi connectivity index (χ1v) is 7.39. The topological polar surface area (TPSA) is 29.5 Å². The van der Waals surface area contributed by atoms with Gasteiger partial charge in [0.05, 0.1) is 0 Å². The van der Waals surface area contributed by atoms with E-state index in [4.69, 9.17) is 4.74 Å². The van der Waals surface area contributed by atoms with Crippen molar-refractivity contribution in [3.8, 4) is 5.75 Å². The summed E-state index contributed by atoms with van der Waals surface area (Å²) in [6, 6.07) is 25.4. The molecule has 3 aromatic carbocycles. The van der Waals surface area contributed by atoms with Crippen molar-refractivity contribution in [2.75, 3.05) is 0 Å². The lowest BCUT2D eigenvalue weighted by molar-refractivity contribution is 0.125. The Labute approximate surface area is 129 Å². The summed E-state index contributed by atoms with van der Waals surface area (Å²) in [6.45, 7) is 0.461. The Bertz CT molecular complexity index is 761. The van der Waals surface area contributed by atoms with Gasteiger partial charge in [0.2, 0.25) is 0 Å². The minimum absolute atomic E-state index is 0.461. The molecule has 0 aliphatic carbocycles. The van der Waals surface area contributed by atoms with Gasteiger partial charge < -0.3 is 9.84 Å². The molecule has 0 fully saturated rings. The summed E-state index contributed by atoms with van der Waals surface area (Å²) in [6.07, 6.45) is 0. The van der Waals surface area contributed by atoms with Gasteiger partial charge in [0.15, 0.2) is 0 Å². The van der Waals surface area contributed by atoms with E-state index in [1.165, 1.54) is 0 Å². The van der Waals surface area contributed by atoms with E-state index in [1.807, 2.05) is 78.9 Å². The molecule has 1 heterocycles. The van der Waals surface area contributed by atoms with Gasteiger partial charge in [0.1, 0.15) is 18.0 Å². The molecule has 22 heavy (non-hydrogen) atoms. The van der Waals surface area contributed by atoms with Crippen LogP contribution in [0, 0.1) is 0 Å². The maximum absolute atomic E-state index is 11.7. The van der Waals surface area contributed by atoms with Crippen LogP contribution in [0.1, 0.15) is 22.3 Å². The van der Waals surface area contributed by atoms with Crippen molar-refractivity contribution in [3.63, 3.8) is 0 Å². The molecule has 0 spiro atoms. The van der Waals surface area contributed by atoms with Gasteiger partial charge in [-0.05, 0) is 22.8 Å². The van der Waals surface area contributed by atoms with Crippen molar-refractivity contribution in [3.05, 3.63) is 101 Å². The highest BCUT2D eigenvalue weighted by Gasteiger charge is 2.39. The zero-order valence-electron chi connectivity index (χ0n) is 12.1. The highest BCUT2D eigenvalue weighted by molar-refractivity contribution is 5.55. The summed E-state index contributed by atoms with van der Waals surface area (Å²) in [5.41, 5.74) is 2.31. The molecule has 0 saturated carbocycles. The van der Waals surface area contributed by atoms with Gasteiger partial charge in [0.25, 0.3) is 0 Å². The predicted molar refractivity (Wildman–Crippen MR) is 85.8 cm³/mol. The Morgan fingerprint density at radius 3 is 2.18 bits per heavy atom. The number of fused-ring (bicyclic) bond motifs is 2. The molecule has 3 aromatic rings. The third-order valence-electron chi connectivity index (χ3n) is 4.26. The van der Waals surface area contributed by atoms with Crippen LogP contribution in [0.3, 0.4) is 0 Å². The van der Waals surface area contributed by atoms with Crippen molar-refractivity contribution in [2.24, 2.45) is 0 Å². The summed E-state index contributed by atoms with van der Waals surface area (Å²) in [7, 11) is 0. The van der Waals surface area contributed by atoms with Gasteiger partial charge in [-0.3, -0.25) is 0 Å². The van der Waals surface area contributed by atoms with E-state index in [9.17, 15) is 5.11 Å². The Morgan fingerprint density at radius 1 is 0.727 bits per heavy atom. The molecule has 2 nitrogen and oxygen atoms in total. The number of hydrogen-bond acceptors (Lipinski definition) is 2. The Kier molecular flexibility index (Phi) is 2.98. The molecular formula is C20H16O2. The van der Waals surface area contributed by atoms with Gasteiger partial charge in [-0.15, -0.1) is 0 Å². The number of ether oxygens (including phenoxy) is 1. The van der Waals surface area contributed by atoms with E-state index < -0.39 is 5.60 Å². The normalized spacial score (nSPS) is 19.5. The highest BCUT2D eigenvalue weighted by Crippen LogP contribution is 2.44. The minimum Gasteiger partial charge on any atom is -0.488 e. The van der Waals surface area contributed by atoms with Crippen molar-refractivity contribution in [1.29, 1.82) is 0 Å². The second-order valence-corrected chi connectivity index (χ2v) is 5.52. The van der Waals surface area contributed by atoms with Crippen LogP contribution in [0.25, 0.3) is 0 Å². The largest absolute Gasteiger partial charge is 0.488 e. The van der Waals surface area contributed by atoms with Crippen LogP contribution >= 0.6 is 0 Å². The van der Waals surface area contributed by atoms with Crippen LogP contribution in [0.5, 0.6) is 5.75 Å². The molecule has 1 unspecified atom stereocenters. The minimum atomic E-state index is -1.20. The first-order valence-electron chi connectivity index (χ1n) is 7.39. The van der Waals surface area contributed by atoms with Crippen LogP contribution < -0.4 is 4.74 Å². The van der Waals surface area contributed by atoms with Gasteiger partial charge in [-0.25, -0.2) is 0 Å². The summed E-state index contributed by atoms with van der Waals surface area (Å²) in [5.74, 6) is 0.727. The molecule has 2 heteroatoms. The van der Waals surface area contributed by atoms with Crippen molar-refractivity contribution in [1.82, 2.24) is 0 Å². The van der Waals surface area contributed by atoms with Crippen LogP contribution in [0.4, 0.5) is 0 Å². The molecule has 1 aliphatic heterocycles. The Hall–Kier alpha value is -2.58. The molecule has 1 atom stereocenters. The fourth-order valence-electron chi connectivity index (χ4n) is 3.18. The van der Waals surface area contributed by atoms with Crippen molar-refractivity contribution >= 4 is 0 Å². The molecule has 1 N–H and O–H groups in total. The maximum Gasteiger partial charge on any atom is 0.144 e. The van der Waals surface area contributed by atoms with E-state index in [0.717, 1.165) is 28.0 Å². The lowest BCUT2D eigenvalue weighted by atomic mass is 9.78. The van der Waals surface area contributed by atoms with Crippen molar-refractivity contribution < 1.29 is 9.84 Å². The Morgan fingerprint density at radius 2 is 1.36 bits per heavy atom. The van der Waals surface area contributed by atoms with E-state index in [0.29, 0.717) is 6.61 Å². The second-order valence-electron chi connectivity index (χ2n) is 5.52. The van der Waals surface area contributed by atoms with E-state index in [-0.39, 0.29) is 0 Å². The van der Waals surface area contributed by atoms with E-state index in [2.05, 4.69) is 0 Å². The highest BCUT2D eigenvalue weighted by atomic mass is 16.5. The quantitative estimate of drug-likeness (QED) is 0.736. The third kappa shape index (κ3) is 1.85. The maximum atomic E-state index is 11.7. The van der Waals surface area contributed by atoms with Crippen LogP contribution in [0.15, 0.2) is 78.9 Å². The lowest BCUT2D eigenvalue weighted by Gasteiger charge is -2.30. The lowest BCUT2D eigenvalue weighted by Crippen LogP contribution is -2.29. The average Bonchev–Trinajstić information content (AvgIpc) is 2.73. The number of benzene rings is 3. The van der Waals surface area contributed by atoms with Gasteiger partial charge in [-0.1, -0.05) is 72.8 Å².